The zero-order valence-corrected chi connectivity index (χ0v) is 8.77. The number of benzene rings is 1. The Kier molecular flexibility index (Phi) is 2.14. The maximum atomic E-state index is 5.54. The third-order valence-electron chi connectivity index (χ3n) is 2.93. The smallest absolute Gasteiger partial charge is 0.138 e. The fourth-order valence-corrected chi connectivity index (χ4v) is 2.84. The molecule has 74 valence electrons. The molecule has 1 aromatic rings. The van der Waals surface area contributed by atoms with E-state index in [9.17, 15) is 0 Å². The van der Waals surface area contributed by atoms with Gasteiger partial charge in [0.15, 0.2) is 0 Å². The molecular weight excluding hydrogens is 194 g/mol. The van der Waals surface area contributed by atoms with Gasteiger partial charge in [0.2, 0.25) is 0 Å². The lowest BCUT2D eigenvalue weighted by Gasteiger charge is -2.09. The van der Waals surface area contributed by atoms with Gasteiger partial charge in [0.1, 0.15) is 11.7 Å². The third kappa shape index (κ3) is 1.41. The second-order valence-corrected chi connectivity index (χ2v) is 4.77. The van der Waals surface area contributed by atoms with E-state index in [2.05, 4.69) is 23.5 Å². The van der Waals surface area contributed by atoms with E-state index in [-0.39, 0.29) is 0 Å². The fourth-order valence-electron chi connectivity index (χ4n) is 2.11. The summed E-state index contributed by atoms with van der Waals surface area (Å²) >= 11 is 1.78. The summed E-state index contributed by atoms with van der Waals surface area (Å²) in [5, 5.41) is 3.39. The third-order valence-corrected chi connectivity index (χ3v) is 3.81. The number of thioether (sulfide) groups is 1. The zero-order valence-electron chi connectivity index (χ0n) is 7.95. The number of rotatable bonds is 1. The van der Waals surface area contributed by atoms with Gasteiger partial charge in [-0.05, 0) is 36.6 Å². The SMILES string of the molecule is c1cc2c(cc1C1CCNC1)OCS2. The van der Waals surface area contributed by atoms with Crippen molar-refractivity contribution in [2.75, 3.05) is 19.0 Å². The van der Waals surface area contributed by atoms with Crippen LogP contribution in [0.4, 0.5) is 0 Å². The van der Waals surface area contributed by atoms with E-state index in [1.54, 1.807) is 11.8 Å². The highest BCUT2D eigenvalue weighted by Gasteiger charge is 2.19. The maximum absolute atomic E-state index is 5.54. The van der Waals surface area contributed by atoms with Gasteiger partial charge >= 0.3 is 0 Å². The topological polar surface area (TPSA) is 21.3 Å². The first-order valence-electron chi connectivity index (χ1n) is 5.04. The Morgan fingerprint density at radius 3 is 3.29 bits per heavy atom. The van der Waals surface area contributed by atoms with Crippen LogP contribution in [0.2, 0.25) is 0 Å². The van der Waals surface area contributed by atoms with Crippen molar-refractivity contribution in [2.45, 2.75) is 17.2 Å². The number of fused-ring (bicyclic) bond motifs is 1. The summed E-state index contributed by atoms with van der Waals surface area (Å²) in [7, 11) is 0. The normalized spacial score (nSPS) is 24.7. The minimum absolute atomic E-state index is 0.689. The first-order chi connectivity index (χ1) is 6.93. The number of hydrogen-bond donors (Lipinski definition) is 1. The van der Waals surface area contributed by atoms with Crippen LogP contribution >= 0.6 is 11.8 Å². The Hall–Kier alpha value is -0.670. The van der Waals surface area contributed by atoms with E-state index in [4.69, 9.17) is 4.74 Å². The van der Waals surface area contributed by atoms with Gasteiger partial charge in [0.25, 0.3) is 0 Å². The molecular formula is C11H13NOS. The van der Waals surface area contributed by atoms with Crippen molar-refractivity contribution in [3.05, 3.63) is 23.8 Å². The van der Waals surface area contributed by atoms with Crippen molar-refractivity contribution >= 4 is 11.8 Å². The van der Waals surface area contributed by atoms with Crippen LogP contribution in [-0.4, -0.2) is 19.0 Å². The van der Waals surface area contributed by atoms with Crippen molar-refractivity contribution in [3.63, 3.8) is 0 Å². The summed E-state index contributed by atoms with van der Waals surface area (Å²) < 4.78 is 5.54. The van der Waals surface area contributed by atoms with Crippen molar-refractivity contribution in [2.24, 2.45) is 0 Å². The van der Waals surface area contributed by atoms with Gasteiger partial charge in [0, 0.05) is 6.54 Å². The molecule has 2 nitrogen and oxygen atoms in total. The van der Waals surface area contributed by atoms with Gasteiger partial charge in [0.05, 0.1) is 4.90 Å². The Labute approximate surface area is 88.0 Å². The van der Waals surface area contributed by atoms with Crippen LogP contribution in [-0.2, 0) is 0 Å². The van der Waals surface area contributed by atoms with Gasteiger partial charge in [-0.3, -0.25) is 0 Å². The van der Waals surface area contributed by atoms with Crippen LogP contribution in [0.3, 0.4) is 0 Å². The summed E-state index contributed by atoms with van der Waals surface area (Å²) in [5.41, 5.74) is 1.43. The van der Waals surface area contributed by atoms with Crippen LogP contribution in [0.5, 0.6) is 5.75 Å². The van der Waals surface area contributed by atoms with Crippen LogP contribution in [0.15, 0.2) is 23.1 Å². The highest BCUT2D eigenvalue weighted by Crippen LogP contribution is 2.38. The average molecular weight is 207 g/mol. The summed E-state index contributed by atoms with van der Waals surface area (Å²) in [6.45, 7) is 2.27. The largest absolute Gasteiger partial charge is 0.481 e. The number of ether oxygens (including phenoxy) is 1. The molecule has 1 N–H and O–H groups in total. The highest BCUT2D eigenvalue weighted by atomic mass is 32.2. The second-order valence-electron chi connectivity index (χ2n) is 3.80. The molecule has 1 saturated heterocycles. The van der Waals surface area contributed by atoms with Crippen molar-refractivity contribution in [1.82, 2.24) is 5.32 Å². The van der Waals surface area contributed by atoms with E-state index < -0.39 is 0 Å². The first kappa shape index (κ1) is 8.62. The molecule has 0 spiro atoms. The van der Waals surface area contributed by atoms with Crippen molar-refractivity contribution in [3.8, 4) is 5.75 Å². The Morgan fingerprint density at radius 2 is 2.43 bits per heavy atom. The van der Waals surface area contributed by atoms with Crippen molar-refractivity contribution in [1.29, 1.82) is 0 Å². The zero-order chi connectivity index (χ0) is 9.38. The molecule has 0 aromatic heterocycles. The van der Waals surface area contributed by atoms with E-state index in [1.165, 1.54) is 16.9 Å². The Morgan fingerprint density at radius 1 is 1.43 bits per heavy atom. The number of hydrogen-bond acceptors (Lipinski definition) is 3. The van der Waals surface area contributed by atoms with Gasteiger partial charge in [-0.25, -0.2) is 0 Å². The molecule has 1 aromatic carbocycles. The molecule has 3 rings (SSSR count). The molecule has 2 aliphatic heterocycles. The summed E-state index contributed by atoms with van der Waals surface area (Å²) in [6, 6.07) is 6.66. The molecule has 0 radical (unpaired) electrons. The predicted molar refractivity (Wildman–Crippen MR) is 58.0 cm³/mol. The minimum atomic E-state index is 0.689. The first-order valence-corrected chi connectivity index (χ1v) is 6.02. The molecule has 2 aliphatic rings. The lowest BCUT2D eigenvalue weighted by Crippen LogP contribution is -2.07. The molecule has 0 amide bonds. The molecule has 1 unspecified atom stereocenters. The highest BCUT2D eigenvalue weighted by molar-refractivity contribution is 7.99. The van der Waals surface area contributed by atoms with E-state index >= 15 is 0 Å². The Bertz CT molecular complexity index is 347. The molecule has 0 aliphatic carbocycles. The predicted octanol–water partition coefficient (Wildman–Crippen LogP) is 2.21. The standard InChI is InChI=1S/C11H13NOS/c1-2-11-10(13-7-14-11)5-8(1)9-3-4-12-6-9/h1-2,5,9,12H,3-4,6-7H2. The van der Waals surface area contributed by atoms with Gasteiger partial charge < -0.3 is 10.1 Å². The van der Waals surface area contributed by atoms with E-state index in [1.807, 2.05) is 0 Å². The minimum Gasteiger partial charge on any atom is -0.481 e. The Balaban J connectivity index is 1.91. The van der Waals surface area contributed by atoms with Gasteiger partial charge in [-0.1, -0.05) is 17.8 Å². The lowest BCUT2D eigenvalue weighted by atomic mass is 9.98. The van der Waals surface area contributed by atoms with E-state index in [0.29, 0.717) is 5.92 Å². The van der Waals surface area contributed by atoms with Crippen LogP contribution < -0.4 is 10.1 Å². The second kappa shape index (κ2) is 3.48. The molecule has 0 saturated carbocycles. The van der Waals surface area contributed by atoms with Crippen LogP contribution in [0, 0.1) is 0 Å². The maximum Gasteiger partial charge on any atom is 0.138 e. The molecule has 1 fully saturated rings. The molecule has 14 heavy (non-hydrogen) atoms. The van der Waals surface area contributed by atoms with Crippen LogP contribution in [0.25, 0.3) is 0 Å². The molecule has 0 bridgehead atoms. The average Bonchev–Trinajstić information content (AvgIpc) is 2.88. The summed E-state index contributed by atoms with van der Waals surface area (Å²) in [5.74, 6) is 2.55. The summed E-state index contributed by atoms with van der Waals surface area (Å²) in [6.07, 6.45) is 1.26. The summed E-state index contributed by atoms with van der Waals surface area (Å²) in [4.78, 5) is 1.29. The lowest BCUT2D eigenvalue weighted by molar-refractivity contribution is 0.397. The number of nitrogens with one attached hydrogen (secondary N) is 1. The monoisotopic (exact) mass is 207 g/mol. The molecule has 1 atom stereocenters. The molecule has 2 heterocycles. The quantitative estimate of drug-likeness (QED) is 0.763. The van der Waals surface area contributed by atoms with E-state index in [0.717, 1.165) is 24.8 Å². The van der Waals surface area contributed by atoms with Gasteiger partial charge in [-0.15, -0.1) is 0 Å². The van der Waals surface area contributed by atoms with Crippen molar-refractivity contribution < 1.29 is 4.74 Å². The van der Waals surface area contributed by atoms with Crippen LogP contribution in [0.1, 0.15) is 17.9 Å². The molecule has 3 heteroatoms. The van der Waals surface area contributed by atoms with Gasteiger partial charge in [-0.2, -0.15) is 0 Å². The fraction of sp³-hybridized carbons (Fsp3) is 0.455.